The van der Waals surface area contributed by atoms with Gasteiger partial charge in [-0.05, 0) is 24.1 Å². The van der Waals surface area contributed by atoms with Crippen LogP contribution >= 0.6 is 11.6 Å². The molecule has 1 aromatic carbocycles. The van der Waals surface area contributed by atoms with Crippen LogP contribution in [0.4, 0.5) is 0 Å². The molecule has 0 amide bonds. The predicted octanol–water partition coefficient (Wildman–Crippen LogP) is 3.20. The molecule has 5 heteroatoms. The van der Waals surface area contributed by atoms with Crippen LogP contribution in [0.25, 0.3) is 0 Å². The molecule has 0 aliphatic rings. The number of nitrogens with zero attached hydrogens (tertiary/aromatic N) is 2. The molecule has 100 valence electrons. The van der Waals surface area contributed by atoms with E-state index in [1.807, 2.05) is 24.3 Å². The summed E-state index contributed by atoms with van der Waals surface area (Å²) in [6, 6.07) is 8.11. The lowest BCUT2D eigenvalue weighted by Crippen LogP contribution is -1.95. The third-order valence-corrected chi connectivity index (χ3v) is 2.87. The molecule has 0 saturated carbocycles. The normalized spacial score (nSPS) is 10.4. The van der Waals surface area contributed by atoms with Crippen molar-refractivity contribution in [3.8, 4) is 11.8 Å². The first kappa shape index (κ1) is 13.8. The van der Waals surface area contributed by atoms with Crippen LogP contribution in [0.1, 0.15) is 11.1 Å². The van der Waals surface area contributed by atoms with Gasteiger partial charge in [-0.1, -0.05) is 12.1 Å². The molecule has 0 aliphatic heterocycles. The number of benzene rings is 1. The van der Waals surface area contributed by atoms with Gasteiger partial charge in [-0.2, -0.15) is 0 Å². The van der Waals surface area contributed by atoms with Gasteiger partial charge in [-0.15, -0.1) is 11.6 Å². The van der Waals surface area contributed by atoms with Crippen LogP contribution in [0, 0.1) is 0 Å². The van der Waals surface area contributed by atoms with E-state index in [-0.39, 0.29) is 0 Å². The van der Waals surface area contributed by atoms with E-state index in [9.17, 15) is 0 Å². The van der Waals surface area contributed by atoms with E-state index in [1.165, 1.54) is 5.56 Å². The van der Waals surface area contributed by atoms with Crippen molar-refractivity contribution >= 4 is 11.6 Å². The largest absolute Gasteiger partial charge is 0.424 e. The summed E-state index contributed by atoms with van der Waals surface area (Å²) in [6.07, 6.45) is 4.20. The molecular weight excluding hydrogens is 264 g/mol. The van der Waals surface area contributed by atoms with Gasteiger partial charge < -0.3 is 9.47 Å². The minimum absolute atomic E-state index is 0.318. The Hall–Kier alpha value is -1.65. The third kappa shape index (κ3) is 4.19. The molecule has 0 atom stereocenters. The fourth-order valence-corrected chi connectivity index (χ4v) is 1.65. The molecule has 0 aliphatic carbocycles. The summed E-state index contributed by atoms with van der Waals surface area (Å²) in [5.41, 5.74) is 2.07. The Kier molecular flexibility index (Phi) is 5.12. The van der Waals surface area contributed by atoms with Gasteiger partial charge in [-0.3, -0.25) is 0 Å². The van der Waals surface area contributed by atoms with Gasteiger partial charge in [-0.25, -0.2) is 9.97 Å². The molecule has 0 N–H and O–H groups in total. The van der Waals surface area contributed by atoms with Crippen molar-refractivity contribution in [3.05, 3.63) is 47.8 Å². The van der Waals surface area contributed by atoms with Crippen LogP contribution in [0.2, 0.25) is 0 Å². The zero-order valence-corrected chi connectivity index (χ0v) is 11.4. The summed E-state index contributed by atoms with van der Waals surface area (Å²) in [6.45, 7) is 0.712. The third-order valence-electron chi connectivity index (χ3n) is 2.56. The number of rotatable bonds is 6. The Labute approximate surface area is 117 Å². The maximum atomic E-state index is 5.67. The number of halogens is 1. The van der Waals surface area contributed by atoms with Crippen molar-refractivity contribution in [2.75, 3.05) is 13.7 Å². The van der Waals surface area contributed by atoms with E-state index in [4.69, 9.17) is 21.1 Å². The fourth-order valence-electron chi connectivity index (χ4n) is 1.51. The molecule has 1 aromatic heterocycles. The van der Waals surface area contributed by atoms with Gasteiger partial charge in [0.1, 0.15) is 5.75 Å². The number of ether oxygens (including phenoxy) is 2. The van der Waals surface area contributed by atoms with Crippen molar-refractivity contribution in [1.82, 2.24) is 9.97 Å². The average molecular weight is 279 g/mol. The highest BCUT2D eigenvalue weighted by molar-refractivity contribution is 6.17. The predicted molar refractivity (Wildman–Crippen MR) is 73.7 cm³/mol. The fraction of sp³-hybridized carbons (Fsp3) is 0.286. The van der Waals surface area contributed by atoms with Crippen LogP contribution in [-0.2, 0) is 17.0 Å². The monoisotopic (exact) mass is 278 g/mol. The van der Waals surface area contributed by atoms with Crippen LogP contribution < -0.4 is 4.74 Å². The molecular formula is C14H15ClN2O2. The lowest BCUT2D eigenvalue weighted by Gasteiger charge is -2.05. The van der Waals surface area contributed by atoms with E-state index in [2.05, 4.69) is 9.97 Å². The molecule has 0 radical (unpaired) electrons. The van der Waals surface area contributed by atoms with Crippen molar-refractivity contribution < 1.29 is 9.47 Å². The highest BCUT2D eigenvalue weighted by atomic mass is 35.5. The molecule has 0 spiro atoms. The number of methoxy groups -OCH3 is 1. The minimum Gasteiger partial charge on any atom is -0.424 e. The van der Waals surface area contributed by atoms with E-state index in [0.717, 1.165) is 12.0 Å². The summed E-state index contributed by atoms with van der Waals surface area (Å²) in [5.74, 6) is 1.11. The Balaban J connectivity index is 1.98. The molecule has 0 bridgehead atoms. The van der Waals surface area contributed by atoms with Gasteiger partial charge in [0.15, 0.2) is 0 Å². The minimum atomic E-state index is 0.318. The summed E-state index contributed by atoms with van der Waals surface area (Å²) >= 11 is 5.67. The molecule has 0 unspecified atom stereocenters. The van der Waals surface area contributed by atoms with Gasteiger partial charge in [0, 0.05) is 25.1 Å². The summed E-state index contributed by atoms with van der Waals surface area (Å²) in [5, 5.41) is 0. The van der Waals surface area contributed by atoms with Gasteiger partial charge in [0.25, 0.3) is 0 Å². The Bertz CT molecular complexity index is 500. The first-order valence-electron chi connectivity index (χ1n) is 5.94. The molecule has 19 heavy (non-hydrogen) atoms. The van der Waals surface area contributed by atoms with Crippen molar-refractivity contribution in [2.24, 2.45) is 0 Å². The lowest BCUT2D eigenvalue weighted by molar-refractivity contribution is 0.202. The standard InChI is InChI=1S/C14H15ClN2O2/c1-18-7-6-11-2-4-13(5-3-11)19-14-16-9-12(8-15)10-17-14/h2-5,9-10H,6-8H2,1H3. The topological polar surface area (TPSA) is 44.2 Å². The molecule has 0 saturated heterocycles. The second-order valence-corrected chi connectivity index (χ2v) is 4.26. The van der Waals surface area contributed by atoms with E-state index in [0.29, 0.717) is 24.2 Å². The quantitative estimate of drug-likeness (QED) is 0.761. The number of alkyl halides is 1. The first-order chi connectivity index (χ1) is 9.31. The number of hydrogen-bond acceptors (Lipinski definition) is 4. The molecule has 4 nitrogen and oxygen atoms in total. The van der Waals surface area contributed by atoms with Crippen molar-refractivity contribution in [2.45, 2.75) is 12.3 Å². The van der Waals surface area contributed by atoms with Gasteiger partial charge >= 0.3 is 6.01 Å². The van der Waals surface area contributed by atoms with Gasteiger partial charge in [0.05, 0.1) is 12.5 Å². The maximum absolute atomic E-state index is 5.67. The molecule has 1 heterocycles. The lowest BCUT2D eigenvalue weighted by atomic mass is 10.1. The molecule has 2 aromatic rings. The summed E-state index contributed by atoms with van der Waals surface area (Å²) < 4.78 is 10.6. The van der Waals surface area contributed by atoms with Crippen molar-refractivity contribution in [1.29, 1.82) is 0 Å². The van der Waals surface area contributed by atoms with Crippen molar-refractivity contribution in [3.63, 3.8) is 0 Å². The first-order valence-corrected chi connectivity index (χ1v) is 6.48. The Morgan fingerprint density at radius 1 is 1.05 bits per heavy atom. The van der Waals surface area contributed by atoms with E-state index >= 15 is 0 Å². The second-order valence-electron chi connectivity index (χ2n) is 4.00. The number of hydrogen-bond donors (Lipinski definition) is 0. The Morgan fingerprint density at radius 2 is 1.74 bits per heavy atom. The average Bonchev–Trinajstić information content (AvgIpc) is 2.47. The van der Waals surface area contributed by atoms with Crippen LogP contribution in [0.5, 0.6) is 11.8 Å². The zero-order valence-electron chi connectivity index (χ0n) is 10.7. The highest BCUT2D eigenvalue weighted by Gasteiger charge is 2.01. The van der Waals surface area contributed by atoms with Crippen LogP contribution in [-0.4, -0.2) is 23.7 Å². The second kappa shape index (κ2) is 7.07. The van der Waals surface area contributed by atoms with Crippen LogP contribution in [0.3, 0.4) is 0 Å². The number of aromatic nitrogens is 2. The zero-order chi connectivity index (χ0) is 13.5. The SMILES string of the molecule is COCCc1ccc(Oc2ncc(CCl)cn2)cc1. The summed E-state index contributed by atoms with van der Waals surface area (Å²) in [4.78, 5) is 8.16. The smallest absolute Gasteiger partial charge is 0.321 e. The van der Waals surface area contributed by atoms with Crippen LogP contribution in [0.15, 0.2) is 36.7 Å². The van der Waals surface area contributed by atoms with E-state index in [1.54, 1.807) is 19.5 Å². The molecule has 0 fully saturated rings. The molecule has 2 rings (SSSR count). The summed E-state index contributed by atoms with van der Waals surface area (Å²) in [7, 11) is 1.69. The maximum Gasteiger partial charge on any atom is 0.321 e. The van der Waals surface area contributed by atoms with Gasteiger partial charge in [0.2, 0.25) is 0 Å². The van der Waals surface area contributed by atoms with E-state index < -0.39 is 0 Å². The highest BCUT2D eigenvalue weighted by Crippen LogP contribution is 2.18. The Morgan fingerprint density at radius 3 is 2.32 bits per heavy atom.